The summed E-state index contributed by atoms with van der Waals surface area (Å²) in [4.78, 5) is 24.1. The van der Waals surface area contributed by atoms with Gasteiger partial charge in [-0.1, -0.05) is 18.2 Å². The number of amides is 1. The standard InChI is InChI=1S/C17H20N2O2S.ClH/c18-14(11-5-6-11)9-19-17(21)8-7-15(20)13-10-22-16-4-2-1-3-12(13)16;/h1-4,10-11,14H,5-9,18H2,(H,19,21);1H. The summed E-state index contributed by atoms with van der Waals surface area (Å²) < 4.78 is 1.10. The number of nitrogens with one attached hydrogen (secondary N) is 1. The van der Waals surface area contributed by atoms with E-state index in [1.807, 2.05) is 29.6 Å². The summed E-state index contributed by atoms with van der Waals surface area (Å²) in [5, 5.41) is 5.69. The Morgan fingerprint density at radius 1 is 1.26 bits per heavy atom. The molecule has 6 heteroatoms. The predicted molar refractivity (Wildman–Crippen MR) is 96.3 cm³/mol. The van der Waals surface area contributed by atoms with E-state index in [0.29, 0.717) is 12.5 Å². The number of rotatable bonds is 7. The SMILES string of the molecule is Cl.NC(CNC(=O)CCC(=O)c1csc2ccccc12)C1CC1. The van der Waals surface area contributed by atoms with Crippen LogP contribution in [0.15, 0.2) is 29.6 Å². The van der Waals surface area contributed by atoms with E-state index in [1.54, 1.807) is 11.3 Å². The van der Waals surface area contributed by atoms with Crippen LogP contribution in [0.1, 0.15) is 36.0 Å². The van der Waals surface area contributed by atoms with Gasteiger partial charge < -0.3 is 11.1 Å². The molecular weight excluding hydrogens is 332 g/mol. The van der Waals surface area contributed by atoms with Crippen LogP contribution in [-0.2, 0) is 4.79 Å². The molecule has 1 saturated carbocycles. The summed E-state index contributed by atoms with van der Waals surface area (Å²) in [5.41, 5.74) is 6.67. The lowest BCUT2D eigenvalue weighted by Crippen LogP contribution is -2.38. The molecule has 1 aliphatic carbocycles. The normalized spacial score (nSPS) is 15.0. The molecule has 1 aromatic carbocycles. The van der Waals surface area contributed by atoms with E-state index in [1.165, 1.54) is 12.8 Å². The maximum Gasteiger partial charge on any atom is 0.220 e. The molecule has 1 aliphatic rings. The molecule has 23 heavy (non-hydrogen) atoms. The Kier molecular flexibility index (Phi) is 6.16. The molecule has 0 radical (unpaired) electrons. The van der Waals surface area contributed by atoms with E-state index in [4.69, 9.17) is 5.73 Å². The number of carbonyl (C=O) groups excluding carboxylic acids is 2. The van der Waals surface area contributed by atoms with Crippen molar-refractivity contribution in [3.05, 3.63) is 35.2 Å². The molecule has 1 aromatic heterocycles. The highest BCUT2D eigenvalue weighted by Crippen LogP contribution is 2.31. The monoisotopic (exact) mass is 352 g/mol. The fourth-order valence-electron chi connectivity index (χ4n) is 2.57. The minimum atomic E-state index is -0.0935. The van der Waals surface area contributed by atoms with Crippen molar-refractivity contribution >= 4 is 45.5 Å². The van der Waals surface area contributed by atoms with Gasteiger partial charge in [-0.2, -0.15) is 0 Å². The third-order valence-electron chi connectivity index (χ3n) is 4.12. The van der Waals surface area contributed by atoms with E-state index in [2.05, 4.69) is 5.32 Å². The Hall–Kier alpha value is -1.43. The van der Waals surface area contributed by atoms with Gasteiger partial charge in [-0.15, -0.1) is 23.7 Å². The molecule has 3 N–H and O–H groups in total. The lowest BCUT2D eigenvalue weighted by molar-refractivity contribution is -0.121. The molecule has 2 aromatic rings. The smallest absolute Gasteiger partial charge is 0.220 e. The minimum absolute atomic E-state index is 0. The third kappa shape index (κ3) is 4.53. The van der Waals surface area contributed by atoms with Crippen molar-refractivity contribution in [2.75, 3.05) is 6.54 Å². The van der Waals surface area contributed by atoms with Gasteiger partial charge in [0.2, 0.25) is 5.91 Å². The zero-order chi connectivity index (χ0) is 15.5. The number of fused-ring (bicyclic) bond motifs is 1. The number of hydrogen-bond donors (Lipinski definition) is 2. The topological polar surface area (TPSA) is 72.2 Å². The van der Waals surface area contributed by atoms with Crippen LogP contribution in [0.3, 0.4) is 0 Å². The number of Topliss-reactive ketones (excluding diaryl/α,β-unsaturated/α-hetero) is 1. The van der Waals surface area contributed by atoms with Crippen molar-refractivity contribution in [1.29, 1.82) is 0 Å². The van der Waals surface area contributed by atoms with Gasteiger partial charge >= 0.3 is 0 Å². The van der Waals surface area contributed by atoms with Crippen LogP contribution >= 0.6 is 23.7 Å². The van der Waals surface area contributed by atoms with Crippen LogP contribution in [0.2, 0.25) is 0 Å². The first-order valence-electron chi connectivity index (χ1n) is 7.67. The molecule has 0 saturated heterocycles. The summed E-state index contributed by atoms with van der Waals surface area (Å²) in [5.74, 6) is 0.502. The fraction of sp³-hybridized carbons (Fsp3) is 0.412. The molecule has 4 nitrogen and oxygen atoms in total. The number of ketones is 1. The van der Waals surface area contributed by atoms with Crippen molar-refractivity contribution < 1.29 is 9.59 Å². The number of nitrogens with two attached hydrogens (primary N) is 1. The lowest BCUT2D eigenvalue weighted by Gasteiger charge is -2.11. The predicted octanol–water partition coefficient (Wildman–Crippen LogP) is 3.14. The minimum Gasteiger partial charge on any atom is -0.355 e. The van der Waals surface area contributed by atoms with Crippen LogP contribution in [0.5, 0.6) is 0 Å². The molecule has 0 bridgehead atoms. The molecule has 1 atom stereocenters. The van der Waals surface area contributed by atoms with Gasteiger partial charge in [-0.05, 0) is 24.8 Å². The molecule has 3 rings (SSSR count). The molecule has 1 unspecified atom stereocenters. The number of thiophene rings is 1. The second-order valence-corrected chi connectivity index (χ2v) is 6.79. The Morgan fingerprint density at radius 3 is 2.74 bits per heavy atom. The maximum absolute atomic E-state index is 12.3. The number of halogens is 1. The largest absolute Gasteiger partial charge is 0.355 e. The van der Waals surface area contributed by atoms with Crippen molar-refractivity contribution in [3.63, 3.8) is 0 Å². The van der Waals surface area contributed by atoms with Gasteiger partial charge in [0.05, 0.1) is 0 Å². The van der Waals surface area contributed by atoms with Crippen LogP contribution in [0.4, 0.5) is 0 Å². The Balaban J connectivity index is 0.00000192. The van der Waals surface area contributed by atoms with Gasteiger partial charge in [-0.25, -0.2) is 0 Å². The Bertz CT molecular complexity index is 697. The van der Waals surface area contributed by atoms with E-state index >= 15 is 0 Å². The first-order chi connectivity index (χ1) is 10.6. The van der Waals surface area contributed by atoms with Crippen molar-refractivity contribution in [2.24, 2.45) is 11.7 Å². The summed E-state index contributed by atoms with van der Waals surface area (Å²) in [6.45, 7) is 0.513. The van der Waals surface area contributed by atoms with Crippen molar-refractivity contribution in [1.82, 2.24) is 5.32 Å². The second-order valence-electron chi connectivity index (χ2n) is 5.87. The van der Waals surface area contributed by atoms with Crippen molar-refractivity contribution in [2.45, 2.75) is 31.7 Å². The molecule has 1 fully saturated rings. The van der Waals surface area contributed by atoms with Gasteiger partial charge in [0.1, 0.15) is 0 Å². The molecule has 124 valence electrons. The Labute approximate surface area is 145 Å². The molecular formula is C17H21ClN2O2S. The third-order valence-corrected chi connectivity index (χ3v) is 5.09. The first kappa shape index (κ1) is 17.9. The number of hydrogen-bond acceptors (Lipinski definition) is 4. The highest BCUT2D eigenvalue weighted by atomic mass is 35.5. The summed E-state index contributed by atoms with van der Waals surface area (Å²) in [6, 6.07) is 7.90. The quantitative estimate of drug-likeness (QED) is 0.752. The van der Waals surface area contributed by atoms with Crippen LogP contribution in [0.25, 0.3) is 10.1 Å². The second kappa shape index (κ2) is 7.90. The van der Waals surface area contributed by atoms with Crippen LogP contribution in [0, 0.1) is 5.92 Å². The zero-order valence-electron chi connectivity index (χ0n) is 12.8. The van der Waals surface area contributed by atoms with Gasteiger partial charge in [0, 0.05) is 46.5 Å². The highest BCUT2D eigenvalue weighted by molar-refractivity contribution is 7.17. The molecule has 1 heterocycles. The van der Waals surface area contributed by atoms with Gasteiger partial charge in [0.15, 0.2) is 5.78 Å². The van der Waals surface area contributed by atoms with Crippen LogP contribution < -0.4 is 11.1 Å². The van der Waals surface area contributed by atoms with E-state index < -0.39 is 0 Å². The first-order valence-corrected chi connectivity index (χ1v) is 8.55. The number of carbonyl (C=O) groups is 2. The summed E-state index contributed by atoms with van der Waals surface area (Å²) >= 11 is 1.56. The van der Waals surface area contributed by atoms with E-state index in [0.717, 1.165) is 15.6 Å². The number of benzene rings is 1. The lowest BCUT2D eigenvalue weighted by atomic mass is 10.1. The van der Waals surface area contributed by atoms with E-state index in [9.17, 15) is 9.59 Å². The fourth-order valence-corrected chi connectivity index (χ4v) is 3.53. The highest BCUT2D eigenvalue weighted by Gasteiger charge is 2.28. The van der Waals surface area contributed by atoms with Gasteiger partial charge in [0.25, 0.3) is 0 Å². The van der Waals surface area contributed by atoms with Crippen molar-refractivity contribution in [3.8, 4) is 0 Å². The maximum atomic E-state index is 12.3. The van der Waals surface area contributed by atoms with Crippen LogP contribution in [-0.4, -0.2) is 24.3 Å². The van der Waals surface area contributed by atoms with E-state index in [-0.39, 0.29) is 43.0 Å². The average Bonchev–Trinajstić information content (AvgIpc) is 3.29. The zero-order valence-corrected chi connectivity index (χ0v) is 14.4. The summed E-state index contributed by atoms with van der Waals surface area (Å²) in [7, 11) is 0. The average molecular weight is 353 g/mol. The molecule has 0 aliphatic heterocycles. The van der Waals surface area contributed by atoms with Gasteiger partial charge in [-0.3, -0.25) is 9.59 Å². The molecule has 0 spiro atoms. The summed E-state index contributed by atoms with van der Waals surface area (Å²) in [6.07, 6.45) is 2.80. The molecule has 1 amide bonds. The Morgan fingerprint density at radius 2 is 2.00 bits per heavy atom.